The predicted molar refractivity (Wildman–Crippen MR) is 93.3 cm³/mol. The van der Waals surface area contributed by atoms with Crippen LogP contribution < -0.4 is 10.1 Å². The van der Waals surface area contributed by atoms with Gasteiger partial charge in [-0.1, -0.05) is 0 Å². The van der Waals surface area contributed by atoms with E-state index in [-0.39, 0.29) is 12.0 Å². The van der Waals surface area contributed by atoms with Crippen molar-refractivity contribution in [2.45, 2.75) is 58.3 Å². The molecule has 1 saturated heterocycles. The number of carbonyl (C=O) groups is 2. The highest BCUT2D eigenvalue weighted by atomic mass is 16.6. The first-order valence-corrected chi connectivity index (χ1v) is 8.59. The molecule has 0 saturated carbocycles. The van der Waals surface area contributed by atoms with Crippen molar-refractivity contribution in [3.8, 4) is 5.75 Å². The summed E-state index contributed by atoms with van der Waals surface area (Å²) in [4.78, 5) is 30.1. The first-order chi connectivity index (χ1) is 11.7. The third-order valence-electron chi connectivity index (χ3n) is 3.75. The average Bonchev–Trinajstić information content (AvgIpc) is 2.53. The van der Waals surface area contributed by atoms with Gasteiger partial charge < -0.3 is 19.7 Å². The molecular formula is C18H27N3O4. The molecule has 0 bridgehead atoms. The Morgan fingerprint density at radius 2 is 2.00 bits per heavy atom. The molecule has 2 amide bonds. The van der Waals surface area contributed by atoms with Gasteiger partial charge in [0.15, 0.2) is 0 Å². The maximum absolute atomic E-state index is 12.6. The van der Waals surface area contributed by atoms with Gasteiger partial charge in [-0.05, 0) is 52.7 Å². The van der Waals surface area contributed by atoms with Gasteiger partial charge in [-0.3, -0.25) is 9.78 Å². The molecule has 0 aromatic carbocycles. The summed E-state index contributed by atoms with van der Waals surface area (Å²) in [5.74, 6) is 0.614. The second-order valence-corrected chi connectivity index (χ2v) is 7.22. The van der Waals surface area contributed by atoms with Gasteiger partial charge in [0.05, 0.1) is 6.54 Å². The fourth-order valence-electron chi connectivity index (χ4n) is 2.66. The number of piperidine rings is 1. The van der Waals surface area contributed by atoms with Crippen molar-refractivity contribution in [1.29, 1.82) is 0 Å². The molecule has 0 aliphatic carbocycles. The Morgan fingerprint density at radius 3 is 2.64 bits per heavy atom. The molecule has 1 fully saturated rings. The summed E-state index contributed by atoms with van der Waals surface area (Å²) in [5.41, 5.74) is -0.596. The van der Waals surface area contributed by atoms with Crippen LogP contribution in [0, 0.1) is 0 Å². The van der Waals surface area contributed by atoms with Crippen molar-refractivity contribution < 1.29 is 19.1 Å². The Kier molecular flexibility index (Phi) is 6.22. The van der Waals surface area contributed by atoms with Crippen molar-refractivity contribution in [3.63, 3.8) is 0 Å². The summed E-state index contributed by atoms with van der Waals surface area (Å²) >= 11 is 0. The average molecular weight is 349 g/mol. The predicted octanol–water partition coefficient (Wildman–Crippen LogP) is 2.36. The topological polar surface area (TPSA) is 80.8 Å². The van der Waals surface area contributed by atoms with E-state index in [4.69, 9.17) is 9.47 Å². The van der Waals surface area contributed by atoms with Crippen LogP contribution in [0.1, 0.15) is 40.5 Å². The van der Waals surface area contributed by atoms with Crippen LogP contribution in [-0.4, -0.2) is 52.7 Å². The first kappa shape index (κ1) is 19.0. The summed E-state index contributed by atoms with van der Waals surface area (Å²) in [6.45, 7) is 8.18. The zero-order valence-corrected chi connectivity index (χ0v) is 15.3. The van der Waals surface area contributed by atoms with E-state index in [2.05, 4.69) is 10.3 Å². The van der Waals surface area contributed by atoms with Gasteiger partial charge in [0.2, 0.25) is 5.91 Å². The van der Waals surface area contributed by atoms with Crippen LogP contribution in [-0.2, 0) is 9.53 Å². The number of ether oxygens (including phenoxy) is 2. The molecule has 138 valence electrons. The van der Waals surface area contributed by atoms with Gasteiger partial charge in [0, 0.05) is 18.9 Å². The largest absolute Gasteiger partial charge is 0.488 e. The van der Waals surface area contributed by atoms with E-state index in [0.29, 0.717) is 13.1 Å². The van der Waals surface area contributed by atoms with Gasteiger partial charge in [0.25, 0.3) is 0 Å². The monoisotopic (exact) mass is 349 g/mol. The Morgan fingerprint density at radius 1 is 1.32 bits per heavy atom. The quantitative estimate of drug-likeness (QED) is 0.902. The van der Waals surface area contributed by atoms with Gasteiger partial charge in [0.1, 0.15) is 23.5 Å². The van der Waals surface area contributed by atoms with E-state index >= 15 is 0 Å². The molecule has 2 rings (SSSR count). The molecular weight excluding hydrogens is 322 g/mol. The lowest BCUT2D eigenvalue weighted by Gasteiger charge is -2.34. The second-order valence-electron chi connectivity index (χ2n) is 7.22. The van der Waals surface area contributed by atoms with E-state index in [1.54, 1.807) is 57.1 Å². The highest BCUT2D eigenvalue weighted by molar-refractivity contribution is 5.85. The van der Waals surface area contributed by atoms with Crippen molar-refractivity contribution in [1.82, 2.24) is 15.2 Å². The molecule has 2 atom stereocenters. The maximum Gasteiger partial charge on any atom is 0.408 e. The third-order valence-corrected chi connectivity index (χ3v) is 3.75. The highest BCUT2D eigenvalue weighted by Crippen LogP contribution is 2.18. The number of pyridine rings is 1. The molecule has 2 heterocycles. The highest BCUT2D eigenvalue weighted by Gasteiger charge is 2.29. The molecule has 1 aliphatic heterocycles. The summed E-state index contributed by atoms with van der Waals surface area (Å²) in [6, 6.07) is 2.95. The summed E-state index contributed by atoms with van der Waals surface area (Å²) in [6.07, 6.45) is 4.45. The van der Waals surface area contributed by atoms with Crippen LogP contribution in [0.4, 0.5) is 4.79 Å². The van der Waals surface area contributed by atoms with Crippen molar-refractivity contribution >= 4 is 12.0 Å². The van der Waals surface area contributed by atoms with Crippen LogP contribution in [0.3, 0.4) is 0 Å². The van der Waals surface area contributed by atoms with Gasteiger partial charge in [-0.15, -0.1) is 0 Å². The number of hydrogen-bond donors (Lipinski definition) is 1. The van der Waals surface area contributed by atoms with Gasteiger partial charge in [-0.25, -0.2) is 4.79 Å². The Bertz CT molecular complexity index is 586. The first-order valence-electron chi connectivity index (χ1n) is 8.59. The third kappa shape index (κ3) is 6.25. The van der Waals surface area contributed by atoms with Gasteiger partial charge >= 0.3 is 6.09 Å². The van der Waals surface area contributed by atoms with E-state index < -0.39 is 17.7 Å². The molecule has 1 aromatic heterocycles. The van der Waals surface area contributed by atoms with Crippen molar-refractivity contribution in [2.75, 3.05) is 13.1 Å². The Labute approximate surface area is 148 Å². The zero-order chi connectivity index (χ0) is 18.4. The number of alkyl carbamates (subject to hydrolysis) is 1. The SMILES string of the molecule is CC(NC(=O)OC(C)(C)C)C(=O)N1CCCC(Oc2ccncc2)C1. The summed E-state index contributed by atoms with van der Waals surface area (Å²) in [7, 11) is 0. The van der Waals surface area contributed by atoms with E-state index in [1.165, 1.54) is 0 Å². The normalized spacial score (nSPS) is 19.0. The lowest BCUT2D eigenvalue weighted by Crippen LogP contribution is -2.52. The van der Waals surface area contributed by atoms with Crippen LogP contribution in [0.25, 0.3) is 0 Å². The summed E-state index contributed by atoms with van der Waals surface area (Å²) in [5, 5.41) is 2.60. The standard InChI is InChI=1S/C18H27N3O4/c1-13(20-17(23)25-18(2,3)4)16(22)21-11-5-6-15(12-21)24-14-7-9-19-10-8-14/h7-10,13,15H,5-6,11-12H2,1-4H3,(H,20,23). The summed E-state index contributed by atoms with van der Waals surface area (Å²) < 4.78 is 11.1. The van der Waals surface area contributed by atoms with E-state index in [0.717, 1.165) is 18.6 Å². The number of carbonyl (C=O) groups excluding carboxylic acids is 2. The number of nitrogens with one attached hydrogen (secondary N) is 1. The number of aromatic nitrogens is 1. The van der Waals surface area contributed by atoms with Crippen molar-refractivity contribution in [3.05, 3.63) is 24.5 Å². The maximum atomic E-state index is 12.6. The molecule has 1 aliphatic rings. The van der Waals surface area contributed by atoms with Crippen molar-refractivity contribution in [2.24, 2.45) is 0 Å². The molecule has 1 N–H and O–H groups in total. The number of amides is 2. The Balaban J connectivity index is 1.87. The molecule has 1 aromatic rings. The number of rotatable bonds is 4. The minimum absolute atomic E-state index is 0.0613. The van der Waals surface area contributed by atoms with Crippen LogP contribution >= 0.6 is 0 Å². The molecule has 7 heteroatoms. The number of hydrogen-bond acceptors (Lipinski definition) is 5. The zero-order valence-electron chi connectivity index (χ0n) is 15.3. The fourth-order valence-corrected chi connectivity index (χ4v) is 2.66. The Hall–Kier alpha value is -2.31. The van der Waals surface area contributed by atoms with Crippen LogP contribution in [0.15, 0.2) is 24.5 Å². The number of likely N-dealkylation sites (tertiary alicyclic amines) is 1. The van der Waals surface area contributed by atoms with Gasteiger partial charge in [-0.2, -0.15) is 0 Å². The molecule has 0 radical (unpaired) electrons. The smallest absolute Gasteiger partial charge is 0.408 e. The minimum Gasteiger partial charge on any atom is -0.488 e. The van der Waals surface area contributed by atoms with E-state index in [1.807, 2.05) is 0 Å². The molecule has 25 heavy (non-hydrogen) atoms. The minimum atomic E-state index is -0.644. The van der Waals surface area contributed by atoms with E-state index in [9.17, 15) is 9.59 Å². The molecule has 0 spiro atoms. The lowest BCUT2D eigenvalue weighted by molar-refractivity contribution is -0.135. The van der Waals surface area contributed by atoms with Crippen LogP contribution in [0.5, 0.6) is 5.75 Å². The number of nitrogens with zero attached hydrogens (tertiary/aromatic N) is 2. The van der Waals surface area contributed by atoms with Crippen LogP contribution in [0.2, 0.25) is 0 Å². The molecule has 2 unspecified atom stereocenters. The fraction of sp³-hybridized carbons (Fsp3) is 0.611. The lowest BCUT2D eigenvalue weighted by atomic mass is 10.1. The second kappa shape index (κ2) is 8.18. The molecule has 7 nitrogen and oxygen atoms in total.